The SMILES string of the molecule is O=C1CN(c2c(O)ccc(-c3cc(N4CCCCC4)n[nH]3)c2F)S(=O)(=O)N1. The highest BCUT2D eigenvalue weighted by molar-refractivity contribution is 7.92. The number of carbonyl (C=O) groups is 1. The van der Waals surface area contributed by atoms with Crippen LogP contribution in [0.15, 0.2) is 18.2 Å². The molecule has 1 aromatic heterocycles. The van der Waals surface area contributed by atoms with Gasteiger partial charge in [0.15, 0.2) is 11.6 Å². The van der Waals surface area contributed by atoms with E-state index in [4.69, 9.17) is 0 Å². The Morgan fingerprint density at radius 1 is 1.19 bits per heavy atom. The Kier molecular flexibility index (Phi) is 4.17. The number of nitrogens with one attached hydrogen (secondary N) is 2. The van der Waals surface area contributed by atoms with Crippen LogP contribution >= 0.6 is 0 Å². The summed E-state index contributed by atoms with van der Waals surface area (Å²) in [6.45, 7) is 1.14. The zero-order valence-electron chi connectivity index (χ0n) is 14.3. The molecule has 0 unspecified atom stereocenters. The Bertz CT molecular complexity index is 1000. The lowest BCUT2D eigenvalue weighted by Gasteiger charge is -2.26. The minimum Gasteiger partial charge on any atom is -0.506 e. The second kappa shape index (κ2) is 6.41. The van der Waals surface area contributed by atoms with E-state index in [1.165, 1.54) is 18.6 Å². The Morgan fingerprint density at radius 2 is 1.93 bits per heavy atom. The van der Waals surface area contributed by atoms with Crippen LogP contribution in [-0.2, 0) is 15.0 Å². The number of nitrogens with zero attached hydrogens (tertiary/aromatic N) is 3. The fraction of sp³-hybridized carbons (Fsp3) is 0.375. The quantitative estimate of drug-likeness (QED) is 0.716. The maximum absolute atomic E-state index is 15.1. The number of halogens is 1. The molecule has 11 heteroatoms. The van der Waals surface area contributed by atoms with Crippen LogP contribution in [0.5, 0.6) is 5.75 Å². The molecule has 0 saturated carbocycles. The summed E-state index contributed by atoms with van der Waals surface area (Å²) in [6.07, 6.45) is 3.29. The maximum atomic E-state index is 15.1. The Labute approximate surface area is 155 Å². The molecular formula is C16H18FN5O4S. The third-order valence-corrected chi connectivity index (χ3v) is 6.08. The number of rotatable bonds is 3. The lowest BCUT2D eigenvalue weighted by Crippen LogP contribution is -2.30. The van der Waals surface area contributed by atoms with Crippen molar-refractivity contribution in [3.63, 3.8) is 0 Å². The second-order valence-corrected chi connectivity index (χ2v) is 8.11. The molecule has 4 rings (SSSR count). The molecule has 3 N–H and O–H groups in total. The van der Waals surface area contributed by atoms with Gasteiger partial charge >= 0.3 is 10.2 Å². The Hall–Kier alpha value is -2.82. The number of H-pyrrole nitrogens is 1. The van der Waals surface area contributed by atoms with Gasteiger partial charge in [-0.05, 0) is 31.4 Å². The third kappa shape index (κ3) is 3.07. The number of phenolic OH excluding ortho intramolecular Hbond substituents is 1. The summed E-state index contributed by atoms with van der Waals surface area (Å²) in [5.74, 6) is -1.64. The number of hydrogen-bond acceptors (Lipinski definition) is 6. The van der Waals surface area contributed by atoms with Crippen LogP contribution in [0.4, 0.5) is 15.9 Å². The van der Waals surface area contributed by atoms with Gasteiger partial charge in [0, 0.05) is 24.7 Å². The zero-order valence-corrected chi connectivity index (χ0v) is 15.1. The van der Waals surface area contributed by atoms with Gasteiger partial charge in [0.2, 0.25) is 0 Å². The van der Waals surface area contributed by atoms with Gasteiger partial charge in [-0.2, -0.15) is 13.5 Å². The fourth-order valence-electron chi connectivity index (χ4n) is 3.38. The van der Waals surface area contributed by atoms with E-state index in [1.54, 1.807) is 10.8 Å². The van der Waals surface area contributed by atoms with E-state index >= 15 is 4.39 Å². The predicted octanol–water partition coefficient (Wildman–Crippen LogP) is 1.09. The van der Waals surface area contributed by atoms with Gasteiger partial charge in [-0.25, -0.2) is 13.4 Å². The first-order chi connectivity index (χ1) is 12.9. The summed E-state index contributed by atoms with van der Waals surface area (Å²) in [5.41, 5.74) is -0.168. The van der Waals surface area contributed by atoms with E-state index in [-0.39, 0.29) is 5.56 Å². The first-order valence-electron chi connectivity index (χ1n) is 8.52. The summed E-state index contributed by atoms with van der Waals surface area (Å²) in [6, 6.07) is 4.21. The van der Waals surface area contributed by atoms with Crippen LogP contribution in [0.3, 0.4) is 0 Å². The topological polar surface area (TPSA) is 119 Å². The van der Waals surface area contributed by atoms with Gasteiger partial charge in [-0.3, -0.25) is 9.89 Å². The van der Waals surface area contributed by atoms with Crippen molar-refractivity contribution in [2.45, 2.75) is 19.3 Å². The Balaban J connectivity index is 1.73. The molecule has 27 heavy (non-hydrogen) atoms. The molecule has 9 nitrogen and oxygen atoms in total. The maximum Gasteiger partial charge on any atom is 0.326 e. The van der Waals surface area contributed by atoms with Crippen molar-refractivity contribution >= 4 is 27.6 Å². The molecule has 2 aliphatic heterocycles. The summed E-state index contributed by atoms with van der Waals surface area (Å²) in [4.78, 5) is 13.5. The zero-order chi connectivity index (χ0) is 19.2. The number of aromatic hydroxyl groups is 1. The van der Waals surface area contributed by atoms with E-state index < -0.39 is 39.9 Å². The molecule has 0 atom stereocenters. The summed E-state index contributed by atoms with van der Waals surface area (Å²) in [7, 11) is -4.25. The molecule has 2 fully saturated rings. The van der Waals surface area contributed by atoms with E-state index in [2.05, 4.69) is 15.1 Å². The monoisotopic (exact) mass is 395 g/mol. The summed E-state index contributed by atoms with van der Waals surface area (Å²) in [5, 5.41) is 17.0. The summed E-state index contributed by atoms with van der Waals surface area (Å²) >= 11 is 0. The standard InChI is InChI=1S/C16H18FN5O4S/c17-15-10(11-8-13(19-18-11)21-6-2-1-3-7-21)4-5-12(23)16(15)22-9-14(24)20-27(22,25)26/h4-5,8,23H,1-3,6-7,9H2,(H,18,19)(H,20,24). The number of anilines is 2. The predicted molar refractivity (Wildman–Crippen MR) is 96.1 cm³/mol. The molecule has 0 aliphatic carbocycles. The van der Waals surface area contributed by atoms with Crippen LogP contribution in [0, 0.1) is 5.82 Å². The van der Waals surface area contributed by atoms with Crippen molar-refractivity contribution in [2.24, 2.45) is 0 Å². The van der Waals surface area contributed by atoms with Gasteiger partial charge in [0.05, 0.1) is 5.69 Å². The highest BCUT2D eigenvalue weighted by atomic mass is 32.2. The van der Waals surface area contributed by atoms with E-state index in [0.717, 1.165) is 25.9 Å². The molecule has 1 amide bonds. The number of phenols is 1. The van der Waals surface area contributed by atoms with Crippen LogP contribution in [0.1, 0.15) is 19.3 Å². The van der Waals surface area contributed by atoms with E-state index in [0.29, 0.717) is 15.8 Å². The van der Waals surface area contributed by atoms with Crippen molar-refractivity contribution < 1.29 is 22.7 Å². The average Bonchev–Trinajstić information content (AvgIpc) is 3.20. The highest BCUT2D eigenvalue weighted by Crippen LogP contribution is 2.38. The number of aromatic amines is 1. The van der Waals surface area contributed by atoms with Crippen molar-refractivity contribution in [3.05, 3.63) is 24.0 Å². The molecular weight excluding hydrogens is 377 g/mol. The van der Waals surface area contributed by atoms with Gasteiger partial charge in [-0.15, -0.1) is 0 Å². The van der Waals surface area contributed by atoms with E-state index in [1.807, 2.05) is 0 Å². The van der Waals surface area contributed by atoms with Crippen molar-refractivity contribution in [2.75, 3.05) is 28.8 Å². The van der Waals surface area contributed by atoms with Crippen molar-refractivity contribution in [3.8, 4) is 17.0 Å². The van der Waals surface area contributed by atoms with Gasteiger partial charge < -0.3 is 10.0 Å². The smallest absolute Gasteiger partial charge is 0.326 e. The van der Waals surface area contributed by atoms with Crippen LogP contribution in [0.2, 0.25) is 0 Å². The number of piperidine rings is 1. The van der Waals surface area contributed by atoms with Gasteiger partial charge in [0.1, 0.15) is 18.0 Å². The van der Waals surface area contributed by atoms with Crippen LogP contribution < -0.4 is 13.9 Å². The first kappa shape index (κ1) is 17.6. The third-order valence-electron chi connectivity index (χ3n) is 4.70. The highest BCUT2D eigenvalue weighted by Gasteiger charge is 2.38. The molecule has 3 heterocycles. The molecule has 0 bridgehead atoms. The molecule has 1 aromatic carbocycles. The van der Waals surface area contributed by atoms with Crippen LogP contribution in [0.25, 0.3) is 11.3 Å². The summed E-state index contributed by atoms with van der Waals surface area (Å²) < 4.78 is 41.5. The normalized spacial score (nSPS) is 19.4. The number of aromatic nitrogens is 2. The van der Waals surface area contributed by atoms with Crippen LogP contribution in [-0.4, -0.2) is 49.3 Å². The van der Waals surface area contributed by atoms with E-state index in [9.17, 15) is 18.3 Å². The fourth-order valence-corrected chi connectivity index (χ4v) is 4.54. The number of benzene rings is 1. The first-order valence-corrected chi connectivity index (χ1v) is 9.96. The largest absolute Gasteiger partial charge is 0.506 e. The molecule has 144 valence electrons. The minimum atomic E-state index is -4.25. The van der Waals surface area contributed by atoms with Gasteiger partial charge in [0.25, 0.3) is 5.91 Å². The van der Waals surface area contributed by atoms with Crippen molar-refractivity contribution in [1.82, 2.24) is 14.9 Å². The molecule has 2 aliphatic rings. The second-order valence-electron chi connectivity index (χ2n) is 6.52. The van der Waals surface area contributed by atoms with Crippen molar-refractivity contribution in [1.29, 1.82) is 0 Å². The molecule has 2 aromatic rings. The minimum absolute atomic E-state index is 0.0492. The molecule has 0 spiro atoms. The van der Waals surface area contributed by atoms with Gasteiger partial charge in [-0.1, -0.05) is 0 Å². The molecule has 0 radical (unpaired) electrons. The lowest BCUT2D eigenvalue weighted by molar-refractivity contribution is -0.117. The lowest BCUT2D eigenvalue weighted by atomic mass is 10.1. The number of amides is 1. The molecule has 2 saturated heterocycles. The average molecular weight is 395 g/mol. The number of hydrogen-bond donors (Lipinski definition) is 3. The Morgan fingerprint density at radius 3 is 2.59 bits per heavy atom. The number of carbonyl (C=O) groups excluding carboxylic acids is 1.